The Bertz CT molecular complexity index is 821. The van der Waals surface area contributed by atoms with E-state index >= 15 is 0 Å². The summed E-state index contributed by atoms with van der Waals surface area (Å²) in [6.45, 7) is 2.30. The quantitative estimate of drug-likeness (QED) is 0.605. The maximum Gasteiger partial charge on any atom is 0.237 e. The molecular formula is C16H15FN4O2S2. The van der Waals surface area contributed by atoms with Crippen molar-refractivity contribution in [2.75, 3.05) is 10.6 Å². The average molecular weight is 378 g/mol. The fourth-order valence-electron chi connectivity index (χ4n) is 1.89. The Labute approximate surface area is 151 Å². The fourth-order valence-corrected chi connectivity index (χ4v) is 3.78. The first-order chi connectivity index (χ1) is 12.1. The van der Waals surface area contributed by atoms with Crippen molar-refractivity contribution < 1.29 is 13.6 Å². The summed E-state index contributed by atoms with van der Waals surface area (Å²) in [6.07, 6.45) is 1.61. The lowest BCUT2D eigenvalue weighted by atomic mass is 10.3. The molecule has 0 bridgehead atoms. The number of carbonyl (C=O) groups is 1. The van der Waals surface area contributed by atoms with Crippen LogP contribution in [0.3, 0.4) is 0 Å². The standard InChI is InChI=1S/C16H15FN4O2S2/c1-10(14(22)19-12-6-4-11(17)5-7-12)24-16-21-20-15(25-16)18-9-13-3-2-8-23-13/h2-8,10H,9H2,1H3,(H,18,20)(H,19,22)/t10-/m1/s1. The molecule has 0 spiro atoms. The minimum Gasteiger partial charge on any atom is -0.467 e. The van der Waals surface area contributed by atoms with Crippen LogP contribution in [0.1, 0.15) is 12.7 Å². The normalized spacial score (nSPS) is 11.9. The van der Waals surface area contributed by atoms with Crippen LogP contribution in [0.2, 0.25) is 0 Å². The number of hydrogen-bond acceptors (Lipinski definition) is 7. The molecule has 1 aromatic carbocycles. The fraction of sp³-hybridized carbons (Fsp3) is 0.188. The molecule has 0 fully saturated rings. The zero-order valence-electron chi connectivity index (χ0n) is 13.2. The van der Waals surface area contributed by atoms with E-state index in [9.17, 15) is 9.18 Å². The topological polar surface area (TPSA) is 80.1 Å². The van der Waals surface area contributed by atoms with Crippen LogP contribution >= 0.6 is 23.1 Å². The van der Waals surface area contributed by atoms with Gasteiger partial charge in [-0.3, -0.25) is 4.79 Å². The maximum absolute atomic E-state index is 12.9. The van der Waals surface area contributed by atoms with Crippen molar-refractivity contribution in [2.24, 2.45) is 0 Å². The van der Waals surface area contributed by atoms with Crippen LogP contribution < -0.4 is 10.6 Å². The molecule has 0 aliphatic heterocycles. The highest BCUT2D eigenvalue weighted by atomic mass is 32.2. The van der Waals surface area contributed by atoms with Gasteiger partial charge in [0.05, 0.1) is 18.1 Å². The number of benzene rings is 1. The SMILES string of the molecule is C[C@@H](Sc1nnc(NCc2ccco2)s1)C(=O)Nc1ccc(F)cc1. The van der Waals surface area contributed by atoms with Gasteiger partial charge in [0.1, 0.15) is 11.6 Å². The van der Waals surface area contributed by atoms with Crippen LogP contribution in [-0.2, 0) is 11.3 Å². The number of halogens is 1. The van der Waals surface area contributed by atoms with Crippen molar-refractivity contribution in [3.05, 3.63) is 54.2 Å². The second kappa shape index (κ2) is 8.13. The van der Waals surface area contributed by atoms with Crippen LogP contribution in [0.4, 0.5) is 15.2 Å². The van der Waals surface area contributed by atoms with E-state index in [0.717, 1.165) is 5.76 Å². The van der Waals surface area contributed by atoms with Crippen molar-refractivity contribution in [3.63, 3.8) is 0 Å². The Hall–Kier alpha value is -2.39. The van der Waals surface area contributed by atoms with Crippen LogP contribution in [0.15, 0.2) is 51.4 Å². The minimum absolute atomic E-state index is 0.183. The van der Waals surface area contributed by atoms with Crippen LogP contribution in [0.5, 0.6) is 0 Å². The number of amides is 1. The third-order valence-corrected chi connectivity index (χ3v) is 5.22. The van der Waals surface area contributed by atoms with E-state index in [-0.39, 0.29) is 17.0 Å². The predicted molar refractivity (Wildman–Crippen MR) is 96.3 cm³/mol. The van der Waals surface area contributed by atoms with Crippen molar-refractivity contribution >= 4 is 39.8 Å². The molecule has 130 valence electrons. The Balaban J connectivity index is 1.51. The van der Waals surface area contributed by atoms with Gasteiger partial charge in [-0.05, 0) is 43.3 Å². The molecule has 0 saturated heterocycles. The van der Waals surface area contributed by atoms with E-state index in [1.54, 1.807) is 13.2 Å². The van der Waals surface area contributed by atoms with E-state index in [2.05, 4.69) is 20.8 Å². The number of anilines is 2. The first-order valence-electron chi connectivity index (χ1n) is 7.43. The van der Waals surface area contributed by atoms with E-state index in [1.807, 2.05) is 12.1 Å². The second-order valence-corrected chi connectivity index (χ2v) is 7.63. The number of nitrogens with zero attached hydrogens (tertiary/aromatic N) is 2. The van der Waals surface area contributed by atoms with E-state index in [1.165, 1.54) is 47.4 Å². The second-order valence-electron chi connectivity index (χ2n) is 5.06. The molecule has 2 N–H and O–H groups in total. The Kier molecular flexibility index (Phi) is 5.67. The summed E-state index contributed by atoms with van der Waals surface area (Å²) in [4.78, 5) is 12.2. The number of furan rings is 1. The zero-order valence-corrected chi connectivity index (χ0v) is 14.9. The van der Waals surface area contributed by atoms with Gasteiger partial charge in [0.15, 0.2) is 4.34 Å². The molecule has 3 aromatic rings. The summed E-state index contributed by atoms with van der Waals surface area (Å²) >= 11 is 2.68. The maximum atomic E-state index is 12.9. The molecule has 0 aliphatic rings. The molecule has 6 nitrogen and oxygen atoms in total. The molecule has 2 heterocycles. The van der Waals surface area contributed by atoms with Gasteiger partial charge in [0, 0.05) is 5.69 Å². The van der Waals surface area contributed by atoms with Gasteiger partial charge in [-0.15, -0.1) is 10.2 Å². The Morgan fingerprint density at radius 1 is 1.32 bits per heavy atom. The number of rotatable bonds is 7. The van der Waals surface area contributed by atoms with Crippen LogP contribution in [-0.4, -0.2) is 21.4 Å². The number of hydrogen-bond donors (Lipinski definition) is 2. The number of thioether (sulfide) groups is 1. The molecule has 0 radical (unpaired) electrons. The third kappa shape index (κ3) is 5.04. The van der Waals surface area contributed by atoms with Gasteiger partial charge >= 0.3 is 0 Å². The summed E-state index contributed by atoms with van der Waals surface area (Å²) in [6, 6.07) is 9.33. The van der Waals surface area contributed by atoms with Gasteiger partial charge in [-0.25, -0.2) is 4.39 Å². The predicted octanol–water partition coefficient (Wildman–Crippen LogP) is 4.00. The first-order valence-corrected chi connectivity index (χ1v) is 9.12. The molecule has 3 rings (SSSR count). The average Bonchev–Trinajstić information content (AvgIpc) is 3.26. The molecule has 0 aliphatic carbocycles. The highest BCUT2D eigenvalue weighted by Gasteiger charge is 2.17. The summed E-state index contributed by atoms with van der Waals surface area (Å²) in [7, 11) is 0. The lowest BCUT2D eigenvalue weighted by Gasteiger charge is -2.10. The lowest BCUT2D eigenvalue weighted by molar-refractivity contribution is -0.115. The first kappa shape index (κ1) is 17.4. The molecule has 25 heavy (non-hydrogen) atoms. The zero-order chi connectivity index (χ0) is 17.6. The van der Waals surface area contributed by atoms with Crippen LogP contribution in [0, 0.1) is 5.82 Å². The van der Waals surface area contributed by atoms with E-state index in [4.69, 9.17) is 4.42 Å². The smallest absolute Gasteiger partial charge is 0.237 e. The molecule has 2 aromatic heterocycles. The van der Waals surface area contributed by atoms with Gasteiger partial charge in [0.25, 0.3) is 0 Å². The monoisotopic (exact) mass is 378 g/mol. The number of aromatic nitrogens is 2. The van der Waals surface area contributed by atoms with Gasteiger partial charge in [-0.2, -0.15) is 0 Å². The van der Waals surface area contributed by atoms with Crippen LogP contribution in [0.25, 0.3) is 0 Å². The Morgan fingerprint density at radius 2 is 2.12 bits per heavy atom. The highest BCUT2D eigenvalue weighted by Crippen LogP contribution is 2.29. The van der Waals surface area contributed by atoms with E-state index in [0.29, 0.717) is 21.7 Å². The summed E-state index contributed by atoms with van der Waals surface area (Å²) < 4.78 is 18.8. The van der Waals surface area contributed by atoms with E-state index < -0.39 is 0 Å². The number of nitrogens with one attached hydrogen (secondary N) is 2. The number of carbonyl (C=O) groups excluding carboxylic acids is 1. The molecule has 1 atom stereocenters. The minimum atomic E-state index is -0.365. The largest absolute Gasteiger partial charge is 0.467 e. The van der Waals surface area contributed by atoms with Gasteiger partial charge < -0.3 is 15.1 Å². The molecule has 9 heteroatoms. The van der Waals surface area contributed by atoms with Gasteiger partial charge in [-0.1, -0.05) is 23.1 Å². The van der Waals surface area contributed by atoms with Crippen molar-refractivity contribution in [1.82, 2.24) is 10.2 Å². The lowest BCUT2D eigenvalue weighted by Crippen LogP contribution is -2.22. The van der Waals surface area contributed by atoms with Gasteiger partial charge in [0.2, 0.25) is 11.0 Å². The molecule has 0 unspecified atom stereocenters. The van der Waals surface area contributed by atoms with Crippen molar-refractivity contribution in [1.29, 1.82) is 0 Å². The molecular weight excluding hydrogens is 363 g/mol. The summed E-state index contributed by atoms with van der Waals surface area (Å²) in [5.41, 5.74) is 0.553. The summed E-state index contributed by atoms with van der Waals surface area (Å²) in [5.74, 6) is 0.275. The Morgan fingerprint density at radius 3 is 2.84 bits per heavy atom. The highest BCUT2D eigenvalue weighted by molar-refractivity contribution is 8.02. The third-order valence-electron chi connectivity index (χ3n) is 3.16. The van der Waals surface area contributed by atoms with Crippen molar-refractivity contribution in [3.8, 4) is 0 Å². The molecule has 0 saturated carbocycles. The summed E-state index contributed by atoms with van der Waals surface area (Å²) in [5, 5.41) is 14.3. The molecule has 1 amide bonds. The van der Waals surface area contributed by atoms with Crippen molar-refractivity contribution in [2.45, 2.75) is 23.1 Å².